The summed E-state index contributed by atoms with van der Waals surface area (Å²) in [6, 6.07) is 5.84. The molecule has 0 atom stereocenters. The molecule has 0 fully saturated rings. The van der Waals surface area contributed by atoms with Crippen molar-refractivity contribution in [3.63, 3.8) is 0 Å². The maximum atomic E-state index is 13.8. The molecule has 1 heterocycles. The first-order valence-corrected chi connectivity index (χ1v) is 7.16. The Morgan fingerprint density at radius 2 is 1.95 bits per heavy atom. The zero-order valence-electron chi connectivity index (χ0n) is 13.4. The van der Waals surface area contributed by atoms with Gasteiger partial charge in [0.05, 0.1) is 19.9 Å². The number of hydrogen-bond donors (Lipinski definition) is 1. The van der Waals surface area contributed by atoms with Gasteiger partial charge in [0, 0.05) is 19.2 Å². The Labute approximate surface area is 130 Å². The van der Waals surface area contributed by atoms with Crippen LogP contribution in [0.2, 0.25) is 0 Å². The Morgan fingerprint density at radius 3 is 2.55 bits per heavy atom. The number of halogens is 1. The van der Waals surface area contributed by atoms with E-state index in [0.29, 0.717) is 23.6 Å². The van der Waals surface area contributed by atoms with Gasteiger partial charge in [-0.1, -0.05) is 6.07 Å². The zero-order chi connectivity index (χ0) is 16.1. The molecule has 0 spiro atoms. The average molecular weight is 307 g/mol. The summed E-state index contributed by atoms with van der Waals surface area (Å²) in [5.41, 5.74) is 2.47. The summed E-state index contributed by atoms with van der Waals surface area (Å²) in [4.78, 5) is 0. The molecule has 2 aromatic rings. The average Bonchev–Trinajstić information content (AvgIpc) is 2.76. The van der Waals surface area contributed by atoms with Gasteiger partial charge in [-0.2, -0.15) is 9.49 Å². The highest BCUT2D eigenvalue weighted by molar-refractivity contribution is 5.42. The standard InChI is InChI=1S/C16H22FN3O2/c1-11-13(16(17)20(2)19-11)10-18-8-7-12-5-6-14(21-3)15(9-12)22-4/h5-6,9,18H,7-8,10H2,1-4H3. The number of nitrogens with zero attached hydrogens (tertiary/aromatic N) is 2. The zero-order valence-corrected chi connectivity index (χ0v) is 13.4. The molecule has 0 amide bonds. The molecule has 1 aromatic heterocycles. The topological polar surface area (TPSA) is 48.3 Å². The number of ether oxygens (including phenoxy) is 2. The third kappa shape index (κ3) is 3.57. The lowest BCUT2D eigenvalue weighted by atomic mass is 10.1. The molecule has 1 N–H and O–H groups in total. The molecule has 5 nitrogen and oxygen atoms in total. The molecule has 0 unspecified atom stereocenters. The molecule has 6 heteroatoms. The van der Waals surface area contributed by atoms with E-state index in [9.17, 15) is 4.39 Å². The predicted molar refractivity (Wildman–Crippen MR) is 82.9 cm³/mol. The molecule has 0 bridgehead atoms. The van der Waals surface area contributed by atoms with Crippen LogP contribution >= 0.6 is 0 Å². The van der Waals surface area contributed by atoms with Crippen LogP contribution in [0, 0.1) is 12.9 Å². The molecule has 0 radical (unpaired) electrons. The number of benzene rings is 1. The van der Waals surface area contributed by atoms with Gasteiger partial charge in [0.1, 0.15) is 0 Å². The van der Waals surface area contributed by atoms with E-state index in [0.717, 1.165) is 24.2 Å². The number of aryl methyl sites for hydroxylation is 2. The van der Waals surface area contributed by atoms with Gasteiger partial charge < -0.3 is 14.8 Å². The lowest BCUT2D eigenvalue weighted by Gasteiger charge is -2.10. The van der Waals surface area contributed by atoms with Gasteiger partial charge in [0.2, 0.25) is 5.95 Å². The van der Waals surface area contributed by atoms with Gasteiger partial charge in [-0.05, 0) is 37.6 Å². The summed E-state index contributed by atoms with van der Waals surface area (Å²) in [5.74, 6) is 1.15. The minimum Gasteiger partial charge on any atom is -0.493 e. The van der Waals surface area contributed by atoms with Crippen LogP contribution in [0.15, 0.2) is 18.2 Å². The summed E-state index contributed by atoms with van der Waals surface area (Å²) in [6.45, 7) is 3.02. The Morgan fingerprint density at radius 1 is 1.23 bits per heavy atom. The van der Waals surface area contributed by atoms with E-state index in [1.165, 1.54) is 4.68 Å². The summed E-state index contributed by atoms with van der Waals surface area (Å²) in [7, 11) is 4.84. The quantitative estimate of drug-likeness (QED) is 0.797. The van der Waals surface area contributed by atoms with Crippen molar-refractivity contribution in [1.82, 2.24) is 15.1 Å². The third-order valence-corrected chi connectivity index (χ3v) is 3.61. The minimum atomic E-state index is -0.281. The number of hydrogen-bond acceptors (Lipinski definition) is 4. The van der Waals surface area contributed by atoms with Crippen LogP contribution in [-0.2, 0) is 20.0 Å². The fourth-order valence-electron chi connectivity index (χ4n) is 2.36. The molecule has 22 heavy (non-hydrogen) atoms. The van der Waals surface area contributed by atoms with Crippen LogP contribution < -0.4 is 14.8 Å². The first-order chi connectivity index (χ1) is 10.6. The minimum absolute atomic E-state index is 0.281. The van der Waals surface area contributed by atoms with Crippen molar-refractivity contribution in [2.24, 2.45) is 7.05 Å². The maximum absolute atomic E-state index is 13.8. The molecular weight excluding hydrogens is 285 g/mol. The van der Waals surface area contributed by atoms with E-state index in [4.69, 9.17) is 9.47 Å². The van der Waals surface area contributed by atoms with Crippen LogP contribution in [0.5, 0.6) is 11.5 Å². The summed E-state index contributed by atoms with van der Waals surface area (Å²) < 4.78 is 25.5. The highest BCUT2D eigenvalue weighted by Gasteiger charge is 2.12. The van der Waals surface area contributed by atoms with Gasteiger partial charge in [0.25, 0.3) is 0 Å². The second-order valence-corrected chi connectivity index (χ2v) is 5.09. The Kier molecular flexibility index (Phi) is 5.38. The fourth-order valence-corrected chi connectivity index (χ4v) is 2.36. The van der Waals surface area contributed by atoms with Crippen molar-refractivity contribution in [2.75, 3.05) is 20.8 Å². The van der Waals surface area contributed by atoms with E-state index in [1.54, 1.807) is 21.3 Å². The Hall–Kier alpha value is -2.08. The smallest absolute Gasteiger partial charge is 0.215 e. The molecular formula is C16H22FN3O2. The van der Waals surface area contributed by atoms with Crippen molar-refractivity contribution in [3.05, 3.63) is 41.0 Å². The molecule has 0 aliphatic heterocycles. The molecule has 0 saturated heterocycles. The number of nitrogens with one attached hydrogen (secondary N) is 1. The van der Waals surface area contributed by atoms with Gasteiger partial charge >= 0.3 is 0 Å². The number of rotatable bonds is 7. The first-order valence-electron chi connectivity index (χ1n) is 7.16. The van der Waals surface area contributed by atoms with E-state index in [-0.39, 0.29) is 5.95 Å². The van der Waals surface area contributed by atoms with Crippen molar-refractivity contribution >= 4 is 0 Å². The predicted octanol–water partition coefficient (Wildman–Crippen LogP) is 2.22. The molecule has 0 aliphatic carbocycles. The largest absolute Gasteiger partial charge is 0.493 e. The van der Waals surface area contributed by atoms with Crippen LogP contribution in [0.3, 0.4) is 0 Å². The van der Waals surface area contributed by atoms with E-state index in [1.807, 2.05) is 25.1 Å². The maximum Gasteiger partial charge on any atom is 0.215 e. The third-order valence-electron chi connectivity index (χ3n) is 3.61. The van der Waals surface area contributed by atoms with Gasteiger partial charge in [-0.25, -0.2) is 4.68 Å². The van der Waals surface area contributed by atoms with Gasteiger partial charge in [0.15, 0.2) is 11.5 Å². The number of aromatic nitrogens is 2. The van der Waals surface area contributed by atoms with Crippen LogP contribution in [-0.4, -0.2) is 30.5 Å². The van der Waals surface area contributed by atoms with Crippen LogP contribution in [0.4, 0.5) is 4.39 Å². The second-order valence-electron chi connectivity index (χ2n) is 5.09. The molecule has 2 rings (SSSR count). The summed E-state index contributed by atoms with van der Waals surface area (Å²) in [6.07, 6.45) is 0.821. The van der Waals surface area contributed by atoms with Crippen LogP contribution in [0.1, 0.15) is 16.8 Å². The number of methoxy groups -OCH3 is 2. The normalized spacial score (nSPS) is 10.8. The molecule has 120 valence electrons. The lowest BCUT2D eigenvalue weighted by molar-refractivity contribution is 0.354. The van der Waals surface area contributed by atoms with Crippen LogP contribution in [0.25, 0.3) is 0 Å². The second kappa shape index (κ2) is 7.26. The Balaban J connectivity index is 1.89. The van der Waals surface area contributed by atoms with Crippen molar-refractivity contribution < 1.29 is 13.9 Å². The SMILES string of the molecule is COc1ccc(CCNCc2c(C)nn(C)c2F)cc1OC. The summed E-state index contributed by atoms with van der Waals surface area (Å²) >= 11 is 0. The van der Waals surface area contributed by atoms with Gasteiger partial charge in [-0.15, -0.1) is 0 Å². The first kappa shape index (κ1) is 16.3. The Bertz CT molecular complexity index is 641. The summed E-state index contributed by atoms with van der Waals surface area (Å²) in [5, 5.41) is 7.31. The van der Waals surface area contributed by atoms with E-state index in [2.05, 4.69) is 10.4 Å². The van der Waals surface area contributed by atoms with Crippen molar-refractivity contribution in [1.29, 1.82) is 0 Å². The molecule has 1 aromatic carbocycles. The van der Waals surface area contributed by atoms with Crippen molar-refractivity contribution in [3.8, 4) is 11.5 Å². The highest BCUT2D eigenvalue weighted by Crippen LogP contribution is 2.27. The van der Waals surface area contributed by atoms with E-state index >= 15 is 0 Å². The molecule has 0 aliphatic rings. The monoisotopic (exact) mass is 307 g/mol. The fraction of sp³-hybridized carbons (Fsp3) is 0.438. The molecule has 0 saturated carbocycles. The van der Waals surface area contributed by atoms with E-state index < -0.39 is 0 Å². The van der Waals surface area contributed by atoms with Crippen molar-refractivity contribution in [2.45, 2.75) is 19.9 Å². The highest BCUT2D eigenvalue weighted by atomic mass is 19.1. The van der Waals surface area contributed by atoms with Gasteiger partial charge in [-0.3, -0.25) is 0 Å². The lowest BCUT2D eigenvalue weighted by Crippen LogP contribution is -2.17.